The minimum atomic E-state index is -1.09. The number of thioether (sulfide) groups is 1. The van der Waals surface area contributed by atoms with Crippen LogP contribution in [0.1, 0.15) is 27.0 Å². The number of nitrogens with two attached hydrogens (primary N) is 1. The number of carbonyl (C=O) groups excluding carboxylic acids is 1. The van der Waals surface area contributed by atoms with E-state index < -0.39 is 11.9 Å². The second-order valence-electron chi connectivity index (χ2n) is 5.17. The Balaban J connectivity index is 2.12. The number of nitrogens with zero attached hydrogens (tertiary/aromatic N) is 3. The van der Waals surface area contributed by atoms with Gasteiger partial charge in [0.05, 0.1) is 22.4 Å². The van der Waals surface area contributed by atoms with E-state index in [0.717, 1.165) is 11.8 Å². The first kappa shape index (κ1) is 18.8. The van der Waals surface area contributed by atoms with Gasteiger partial charge in [-0.15, -0.1) is 0 Å². The zero-order valence-electron chi connectivity index (χ0n) is 13.6. The Morgan fingerprint density at radius 2 is 1.96 bits per heavy atom. The number of carbonyl (C=O) groups is 2. The first-order valence-corrected chi connectivity index (χ1v) is 8.21. The second kappa shape index (κ2) is 8.01. The van der Waals surface area contributed by atoms with E-state index in [1.54, 1.807) is 13.0 Å². The van der Waals surface area contributed by atoms with Crippen molar-refractivity contribution in [2.45, 2.75) is 11.9 Å². The van der Waals surface area contributed by atoms with Crippen molar-refractivity contribution in [3.05, 3.63) is 46.5 Å². The van der Waals surface area contributed by atoms with Gasteiger partial charge in [0.1, 0.15) is 23.0 Å². The minimum absolute atomic E-state index is 0.0144. The van der Waals surface area contributed by atoms with Crippen molar-refractivity contribution in [3.63, 3.8) is 0 Å². The Morgan fingerprint density at radius 1 is 1.27 bits per heavy atom. The fourth-order valence-electron chi connectivity index (χ4n) is 2.00. The molecule has 1 aromatic carbocycles. The highest BCUT2D eigenvalue weighted by Gasteiger charge is 2.14. The summed E-state index contributed by atoms with van der Waals surface area (Å²) in [5.41, 5.74) is 7.05. The van der Waals surface area contributed by atoms with E-state index in [-0.39, 0.29) is 33.3 Å². The summed E-state index contributed by atoms with van der Waals surface area (Å²) in [6.45, 7) is 1.74. The molecular weight excluding hydrogens is 354 g/mol. The van der Waals surface area contributed by atoms with Gasteiger partial charge in [-0.2, -0.15) is 10.5 Å². The standard InChI is InChI=1S/C17H13N5O3S/c1-9-2-3-10(17(24)25)5-13(9)21-14(23)8-26-16-12(7-19)4-11(6-18)15(20)22-16/h2-5H,8H2,1H3,(H2,20,22)(H,21,23)(H,24,25). The number of carboxylic acid groups (broad SMARTS) is 1. The number of carboxylic acids is 1. The molecule has 0 aliphatic carbocycles. The van der Waals surface area contributed by atoms with Crippen LogP contribution in [0.25, 0.3) is 0 Å². The number of aromatic carboxylic acids is 1. The zero-order valence-corrected chi connectivity index (χ0v) is 14.4. The summed E-state index contributed by atoms with van der Waals surface area (Å²) in [4.78, 5) is 27.2. The summed E-state index contributed by atoms with van der Waals surface area (Å²) in [5, 5.41) is 29.9. The lowest BCUT2D eigenvalue weighted by Gasteiger charge is -2.10. The van der Waals surface area contributed by atoms with Gasteiger partial charge in [-0.25, -0.2) is 9.78 Å². The predicted octanol–water partition coefficient (Wildman–Crippen LogP) is 2.14. The molecule has 2 aromatic rings. The average molecular weight is 367 g/mol. The molecule has 0 unspecified atom stereocenters. The molecule has 130 valence electrons. The van der Waals surface area contributed by atoms with Gasteiger partial charge in [0.15, 0.2) is 0 Å². The normalized spacial score (nSPS) is 9.81. The number of anilines is 2. The average Bonchev–Trinajstić information content (AvgIpc) is 2.61. The maximum Gasteiger partial charge on any atom is 0.335 e. The third-order valence-electron chi connectivity index (χ3n) is 3.36. The molecule has 0 spiro atoms. The van der Waals surface area contributed by atoms with E-state index in [1.165, 1.54) is 18.2 Å². The number of hydrogen-bond donors (Lipinski definition) is 3. The number of amides is 1. The molecule has 0 aliphatic heterocycles. The summed E-state index contributed by atoms with van der Waals surface area (Å²) in [6, 6.07) is 9.50. The van der Waals surface area contributed by atoms with Crippen LogP contribution in [0.15, 0.2) is 29.3 Å². The van der Waals surface area contributed by atoms with Crippen LogP contribution < -0.4 is 11.1 Å². The number of aryl methyl sites for hydroxylation is 1. The van der Waals surface area contributed by atoms with Gasteiger partial charge < -0.3 is 16.2 Å². The number of nitrogen functional groups attached to an aromatic ring is 1. The van der Waals surface area contributed by atoms with Crippen molar-refractivity contribution >= 4 is 35.1 Å². The van der Waals surface area contributed by atoms with E-state index in [1.807, 2.05) is 12.1 Å². The topological polar surface area (TPSA) is 153 Å². The number of nitrogens with one attached hydrogen (secondary N) is 1. The smallest absolute Gasteiger partial charge is 0.335 e. The summed E-state index contributed by atoms with van der Waals surface area (Å²) in [5.74, 6) is -1.57. The molecule has 0 saturated heterocycles. The quantitative estimate of drug-likeness (QED) is 0.679. The number of benzene rings is 1. The maximum absolute atomic E-state index is 12.2. The molecular formula is C17H13N5O3S. The molecule has 1 amide bonds. The van der Waals surface area contributed by atoms with Gasteiger partial charge in [-0.3, -0.25) is 4.79 Å². The zero-order chi connectivity index (χ0) is 19.3. The Hall–Kier alpha value is -3.56. The lowest BCUT2D eigenvalue weighted by Crippen LogP contribution is -2.15. The first-order valence-electron chi connectivity index (χ1n) is 7.23. The van der Waals surface area contributed by atoms with E-state index in [4.69, 9.17) is 21.4 Å². The summed E-state index contributed by atoms with van der Waals surface area (Å²) >= 11 is 0.997. The molecule has 9 heteroatoms. The molecule has 2 rings (SSSR count). The third kappa shape index (κ3) is 4.29. The number of pyridine rings is 1. The van der Waals surface area contributed by atoms with E-state index in [0.29, 0.717) is 11.3 Å². The largest absolute Gasteiger partial charge is 0.478 e. The highest BCUT2D eigenvalue weighted by Crippen LogP contribution is 2.24. The fourth-order valence-corrected chi connectivity index (χ4v) is 2.76. The molecule has 1 aromatic heterocycles. The van der Waals surface area contributed by atoms with Gasteiger partial charge in [0.2, 0.25) is 5.91 Å². The Kier molecular flexibility index (Phi) is 5.78. The molecule has 0 saturated carbocycles. The fraction of sp³-hybridized carbons (Fsp3) is 0.118. The SMILES string of the molecule is Cc1ccc(C(=O)O)cc1NC(=O)CSc1nc(N)c(C#N)cc1C#N. The van der Waals surface area contributed by atoms with Crippen molar-refractivity contribution in [1.29, 1.82) is 10.5 Å². The van der Waals surface area contributed by atoms with Crippen molar-refractivity contribution < 1.29 is 14.7 Å². The van der Waals surface area contributed by atoms with Crippen LogP contribution in [-0.4, -0.2) is 27.7 Å². The van der Waals surface area contributed by atoms with Gasteiger partial charge in [0.25, 0.3) is 0 Å². The van der Waals surface area contributed by atoms with Crippen LogP contribution in [0, 0.1) is 29.6 Å². The Bertz CT molecular complexity index is 976. The molecule has 0 aliphatic rings. The number of rotatable bonds is 5. The van der Waals surface area contributed by atoms with Gasteiger partial charge >= 0.3 is 5.97 Å². The molecule has 0 fully saturated rings. The Labute approximate surface area is 153 Å². The van der Waals surface area contributed by atoms with Crippen molar-refractivity contribution in [2.75, 3.05) is 16.8 Å². The van der Waals surface area contributed by atoms with Crippen molar-refractivity contribution in [3.8, 4) is 12.1 Å². The second-order valence-corrected chi connectivity index (χ2v) is 6.13. The van der Waals surface area contributed by atoms with Crippen LogP contribution in [0.2, 0.25) is 0 Å². The highest BCUT2D eigenvalue weighted by molar-refractivity contribution is 8.00. The summed E-state index contributed by atoms with van der Waals surface area (Å²) in [6.07, 6.45) is 0. The highest BCUT2D eigenvalue weighted by atomic mass is 32.2. The molecule has 8 nitrogen and oxygen atoms in total. The van der Waals surface area contributed by atoms with Gasteiger partial charge in [0, 0.05) is 5.69 Å². The molecule has 4 N–H and O–H groups in total. The first-order chi connectivity index (χ1) is 12.3. The molecule has 0 atom stereocenters. The van der Waals surface area contributed by atoms with Crippen molar-refractivity contribution in [2.24, 2.45) is 0 Å². The Morgan fingerprint density at radius 3 is 2.58 bits per heavy atom. The lowest BCUT2D eigenvalue weighted by molar-refractivity contribution is -0.113. The van der Waals surface area contributed by atoms with Gasteiger partial charge in [-0.1, -0.05) is 17.8 Å². The number of aromatic nitrogens is 1. The third-order valence-corrected chi connectivity index (χ3v) is 4.35. The van der Waals surface area contributed by atoms with Crippen molar-refractivity contribution in [1.82, 2.24) is 4.98 Å². The predicted molar refractivity (Wildman–Crippen MR) is 95.6 cm³/mol. The van der Waals surface area contributed by atoms with Gasteiger partial charge in [-0.05, 0) is 30.7 Å². The summed E-state index contributed by atoms with van der Waals surface area (Å²) < 4.78 is 0. The molecule has 0 radical (unpaired) electrons. The lowest BCUT2D eigenvalue weighted by atomic mass is 10.1. The molecule has 0 bridgehead atoms. The van der Waals surface area contributed by atoms with Crippen LogP contribution >= 0.6 is 11.8 Å². The minimum Gasteiger partial charge on any atom is -0.478 e. The number of hydrogen-bond acceptors (Lipinski definition) is 7. The van der Waals surface area contributed by atoms with E-state index >= 15 is 0 Å². The van der Waals surface area contributed by atoms with E-state index in [2.05, 4.69) is 10.3 Å². The van der Waals surface area contributed by atoms with Crippen LogP contribution in [0.4, 0.5) is 11.5 Å². The maximum atomic E-state index is 12.2. The molecule has 26 heavy (non-hydrogen) atoms. The van der Waals surface area contributed by atoms with Crippen LogP contribution in [-0.2, 0) is 4.79 Å². The van der Waals surface area contributed by atoms with E-state index in [9.17, 15) is 9.59 Å². The van der Waals surface area contributed by atoms with Crippen LogP contribution in [0.3, 0.4) is 0 Å². The monoisotopic (exact) mass is 367 g/mol. The summed E-state index contributed by atoms with van der Waals surface area (Å²) in [7, 11) is 0. The van der Waals surface area contributed by atoms with Crippen LogP contribution in [0.5, 0.6) is 0 Å². The number of nitriles is 2. The molecule has 1 heterocycles.